The van der Waals surface area contributed by atoms with E-state index in [1.54, 1.807) is 12.1 Å². The van der Waals surface area contributed by atoms with Crippen molar-refractivity contribution in [2.45, 2.75) is 36.8 Å². The Morgan fingerprint density at radius 1 is 1.10 bits per heavy atom. The van der Waals surface area contributed by atoms with Crippen LogP contribution in [0.2, 0.25) is 0 Å². The highest BCUT2D eigenvalue weighted by Gasteiger charge is 2.86. The average molecular weight is 390 g/mol. The van der Waals surface area contributed by atoms with Gasteiger partial charge in [0.15, 0.2) is 0 Å². The number of hydrogen-bond donors (Lipinski definition) is 1. The van der Waals surface area contributed by atoms with Crippen molar-refractivity contribution in [1.29, 1.82) is 5.26 Å². The summed E-state index contributed by atoms with van der Waals surface area (Å²) in [5.74, 6) is -1.93. The fourth-order valence-corrected chi connectivity index (χ4v) is 6.00. The number of rotatable bonds is 3. The number of epoxide rings is 1. The first kappa shape index (κ1) is 17.1. The highest BCUT2D eigenvalue weighted by atomic mass is 16.7. The van der Waals surface area contributed by atoms with Crippen LogP contribution >= 0.6 is 0 Å². The number of benzene rings is 2. The first-order valence-corrected chi connectivity index (χ1v) is 9.74. The van der Waals surface area contributed by atoms with Crippen LogP contribution in [-0.4, -0.2) is 46.9 Å². The largest absolute Gasteiger partial charge is 0.396 e. The molecular weight excluding hydrogens is 372 g/mol. The zero-order chi connectivity index (χ0) is 20.1. The van der Waals surface area contributed by atoms with Crippen molar-refractivity contribution in [3.63, 3.8) is 0 Å². The molecule has 0 aliphatic carbocycles. The first-order valence-electron chi connectivity index (χ1n) is 9.74. The number of imide groups is 1. The number of aliphatic hydroxyl groups excluding tert-OH is 1. The highest BCUT2D eigenvalue weighted by molar-refractivity contribution is 6.26. The predicted octanol–water partition coefficient (Wildman–Crippen LogP) is 1.51. The number of nitriles is 1. The Labute approximate surface area is 166 Å². The van der Waals surface area contributed by atoms with Gasteiger partial charge in [-0.05, 0) is 19.1 Å². The van der Waals surface area contributed by atoms with Gasteiger partial charge in [0.25, 0.3) is 0 Å². The Morgan fingerprint density at radius 3 is 2.55 bits per heavy atom. The SMILES string of the molecule is C[C@]12O[C@](CCO)([C@@H]3O[C@@H]31)[C@H]1C(=O)N(c3ccc(C#N)c4ccccc34)C(=O)[C@H]12. The highest BCUT2D eigenvalue weighted by Crippen LogP contribution is 2.69. The molecule has 29 heavy (non-hydrogen) atoms. The summed E-state index contributed by atoms with van der Waals surface area (Å²) in [7, 11) is 0. The van der Waals surface area contributed by atoms with Gasteiger partial charge in [-0.15, -0.1) is 0 Å². The molecule has 2 aromatic rings. The maximum Gasteiger partial charge on any atom is 0.240 e. The molecule has 4 heterocycles. The van der Waals surface area contributed by atoms with Crippen molar-refractivity contribution in [3.8, 4) is 6.07 Å². The minimum Gasteiger partial charge on any atom is -0.396 e. The minimum absolute atomic E-state index is 0.146. The third-order valence-corrected chi connectivity index (χ3v) is 7.16. The molecule has 7 heteroatoms. The molecule has 0 radical (unpaired) electrons. The molecule has 4 aliphatic heterocycles. The summed E-state index contributed by atoms with van der Waals surface area (Å²) in [5.41, 5.74) is -0.844. The number of anilines is 1. The summed E-state index contributed by atoms with van der Waals surface area (Å²) in [6, 6.07) is 12.7. The van der Waals surface area contributed by atoms with Gasteiger partial charge in [0.1, 0.15) is 23.4 Å². The zero-order valence-electron chi connectivity index (χ0n) is 15.7. The summed E-state index contributed by atoms with van der Waals surface area (Å²) < 4.78 is 12.0. The van der Waals surface area contributed by atoms with Gasteiger partial charge in [-0.1, -0.05) is 24.3 Å². The van der Waals surface area contributed by atoms with Crippen molar-refractivity contribution in [3.05, 3.63) is 42.0 Å². The van der Waals surface area contributed by atoms with Crippen molar-refractivity contribution < 1.29 is 24.2 Å². The standard InChI is InChI=1S/C22H18N2O5/c1-21-15-16(22(29-21,8-9-25)18-17(21)28-18)20(27)24(19(15)26)14-7-6-11(10-23)12-4-2-3-5-13(12)14/h2-7,15-18,25H,8-9H2,1H3/t15-,16+,17-,18+,21+,22-/m0/s1. The summed E-state index contributed by atoms with van der Waals surface area (Å²) in [4.78, 5) is 28.4. The van der Waals surface area contributed by atoms with Crippen LogP contribution in [0.25, 0.3) is 10.8 Å². The van der Waals surface area contributed by atoms with Crippen LogP contribution < -0.4 is 4.90 Å². The van der Waals surface area contributed by atoms with E-state index >= 15 is 0 Å². The Morgan fingerprint density at radius 2 is 1.83 bits per heavy atom. The fraction of sp³-hybridized carbons (Fsp3) is 0.409. The van der Waals surface area contributed by atoms with E-state index in [1.807, 2.05) is 31.2 Å². The molecule has 0 unspecified atom stereocenters. The lowest BCUT2D eigenvalue weighted by molar-refractivity contribution is -0.146. The first-order chi connectivity index (χ1) is 14.0. The van der Waals surface area contributed by atoms with E-state index < -0.39 is 23.0 Å². The lowest BCUT2D eigenvalue weighted by Gasteiger charge is -2.30. The Bertz CT molecular complexity index is 1160. The van der Waals surface area contributed by atoms with Crippen molar-refractivity contribution in [1.82, 2.24) is 0 Å². The van der Waals surface area contributed by atoms with E-state index in [0.717, 1.165) is 0 Å². The van der Waals surface area contributed by atoms with Crippen LogP contribution in [0, 0.1) is 23.2 Å². The van der Waals surface area contributed by atoms with Crippen LogP contribution in [0.3, 0.4) is 0 Å². The topological polar surface area (TPSA) is 103 Å². The number of nitrogens with zero attached hydrogens (tertiary/aromatic N) is 2. The molecular formula is C22H18N2O5. The van der Waals surface area contributed by atoms with Crippen LogP contribution in [0.5, 0.6) is 0 Å². The van der Waals surface area contributed by atoms with E-state index in [4.69, 9.17) is 9.47 Å². The molecule has 4 fully saturated rings. The molecule has 2 aromatic carbocycles. The molecule has 2 bridgehead atoms. The fourth-order valence-electron chi connectivity index (χ4n) is 6.00. The minimum atomic E-state index is -0.956. The van der Waals surface area contributed by atoms with E-state index in [0.29, 0.717) is 22.0 Å². The van der Waals surface area contributed by atoms with Crippen LogP contribution in [0.1, 0.15) is 18.9 Å². The molecule has 7 nitrogen and oxygen atoms in total. The third kappa shape index (κ3) is 1.79. The lowest BCUT2D eigenvalue weighted by atomic mass is 9.67. The van der Waals surface area contributed by atoms with E-state index in [1.165, 1.54) is 4.90 Å². The molecule has 2 amide bonds. The smallest absolute Gasteiger partial charge is 0.240 e. The van der Waals surface area contributed by atoms with Gasteiger partial charge >= 0.3 is 0 Å². The quantitative estimate of drug-likeness (QED) is 0.629. The molecule has 0 aromatic heterocycles. The predicted molar refractivity (Wildman–Crippen MR) is 101 cm³/mol. The van der Waals surface area contributed by atoms with Gasteiger partial charge in [-0.3, -0.25) is 9.59 Å². The monoisotopic (exact) mass is 390 g/mol. The number of ether oxygens (including phenoxy) is 2. The van der Waals surface area contributed by atoms with Gasteiger partial charge < -0.3 is 14.6 Å². The Hall–Kier alpha value is -2.79. The summed E-state index contributed by atoms with van der Waals surface area (Å²) in [6.07, 6.45) is -0.216. The molecule has 6 rings (SSSR count). The normalized spacial score (nSPS) is 39.0. The molecule has 6 atom stereocenters. The number of amides is 2. The van der Waals surface area contributed by atoms with Crippen LogP contribution in [0.4, 0.5) is 5.69 Å². The zero-order valence-corrected chi connectivity index (χ0v) is 15.7. The second kappa shape index (κ2) is 5.22. The van der Waals surface area contributed by atoms with E-state index in [9.17, 15) is 20.0 Å². The molecule has 4 aliphatic rings. The van der Waals surface area contributed by atoms with Gasteiger partial charge in [0, 0.05) is 23.8 Å². The number of hydrogen-bond acceptors (Lipinski definition) is 6. The lowest BCUT2D eigenvalue weighted by Crippen LogP contribution is -2.47. The molecule has 4 saturated heterocycles. The number of carbonyl (C=O) groups is 2. The van der Waals surface area contributed by atoms with Crippen molar-refractivity contribution in [2.75, 3.05) is 11.5 Å². The van der Waals surface area contributed by atoms with Gasteiger partial charge in [-0.2, -0.15) is 5.26 Å². The summed E-state index contributed by atoms with van der Waals surface area (Å²) in [5, 5.41) is 20.4. The summed E-state index contributed by atoms with van der Waals surface area (Å²) in [6.45, 7) is 1.69. The number of aliphatic hydroxyl groups is 1. The van der Waals surface area contributed by atoms with Gasteiger partial charge in [0.2, 0.25) is 11.8 Å². The molecule has 0 spiro atoms. The third-order valence-electron chi connectivity index (χ3n) is 7.16. The summed E-state index contributed by atoms with van der Waals surface area (Å²) >= 11 is 0. The number of carbonyl (C=O) groups excluding carboxylic acids is 2. The number of fused-ring (bicyclic) bond motifs is 9. The second-order valence-corrected chi connectivity index (χ2v) is 8.45. The van der Waals surface area contributed by atoms with E-state index in [2.05, 4.69) is 6.07 Å². The van der Waals surface area contributed by atoms with Crippen molar-refractivity contribution in [2.24, 2.45) is 11.8 Å². The maximum absolute atomic E-state index is 13.6. The maximum atomic E-state index is 13.6. The van der Waals surface area contributed by atoms with E-state index in [-0.39, 0.29) is 37.0 Å². The molecule has 0 saturated carbocycles. The Balaban J connectivity index is 1.52. The molecule has 1 N–H and O–H groups in total. The van der Waals surface area contributed by atoms with Gasteiger partial charge in [0.05, 0.1) is 29.2 Å². The second-order valence-electron chi connectivity index (χ2n) is 8.45. The van der Waals surface area contributed by atoms with Crippen LogP contribution in [0.15, 0.2) is 36.4 Å². The Kier molecular flexibility index (Phi) is 3.08. The molecule has 146 valence electrons. The van der Waals surface area contributed by atoms with Crippen molar-refractivity contribution >= 4 is 28.3 Å². The van der Waals surface area contributed by atoms with Crippen LogP contribution in [-0.2, 0) is 19.1 Å². The van der Waals surface area contributed by atoms with Gasteiger partial charge in [-0.25, -0.2) is 4.90 Å². The average Bonchev–Trinajstić information content (AvgIpc) is 3.38.